The lowest BCUT2D eigenvalue weighted by atomic mass is 9.98. The van der Waals surface area contributed by atoms with Crippen LogP contribution in [0.3, 0.4) is 0 Å². The summed E-state index contributed by atoms with van der Waals surface area (Å²) in [6, 6.07) is 3.67. The van der Waals surface area contributed by atoms with Gasteiger partial charge >= 0.3 is 0 Å². The summed E-state index contributed by atoms with van der Waals surface area (Å²) in [5.74, 6) is 1.75. The largest absolute Gasteiger partial charge is 0.351 e. The van der Waals surface area contributed by atoms with E-state index in [1.807, 2.05) is 0 Å². The van der Waals surface area contributed by atoms with Crippen LogP contribution in [0.1, 0.15) is 44.2 Å². The molecule has 2 aliphatic heterocycles. The highest BCUT2D eigenvalue weighted by Gasteiger charge is 2.38. The molecule has 0 aromatic carbocycles. The molecule has 0 radical (unpaired) electrons. The summed E-state index contributed by atoms with van der Waals surface area (Å²) in [6.07, 6.45) is 4.48. The highest BCUT2D eigenvalue weighted by Crippen LogP contribution is 2.30. The molecule has 0 spiro atoms. The Hall–Kier alpha value is -1.09. The molecule has 0 amide bonds. The summed E-state index contributed by atoms with van der Waals surface area (Å²) in [7, 11) is 0. The van der Waals surface area contributed by atoms with Crippen LogP contribution in [0.2, 0.25) is 0 Å². The van der Waals surface area contributed by atoms with E-state index in [0.29, 0.717) is 18.0 Å². The molecule has 2 aliphatic rings. The fourth-order valence-corrected chi connectivity index (χ4v) is 3.32. The van der Waals surface area contributed by atoms with Gasteiger partial charge in [0, 0.05) is 31.4 Å². The van der Waals surface area contributed by atoms with Crippen LogP contribution < -0.4 is 10.2 Å². The molecule has 1 N–H and O–H groups in total. The van der Waals surface area contributed by atoms with Crippen LogP contribution in [0.15, 0.2) is 12.3 Å². The number of aryl methyl sites for hydroxylation is 1. The van der Waals surface area contributed by atoms with E-state index in [1.165, 1.54) is 23.4 Å². The van der Waals surface area contributed by atoms with Crippen LogP contribution >= 0.6 is 0 Å². The monoisotopic (exact) mass is 245 g/mol. The minimum atomic E-state index is 0.568. The number of piperazine rings is 1. The SMILES string of the molecule is CCc1cc(N2C[C@@H]3C[C@H]2CN3)ncc1C(C)C. The smallest absolute Gasteiger partial charge is 0.129 e. The number of pyridine rings is 1. The molecule has 2 atom stereocenters. The van der Waals surface area contributed by atoms with Crippen molar-refractivity contribution in [3.05, 3.63) is 23.4 Å². The molecular formula is C15H23N3. The van der Waals surface area contributed by atoms with Gasteiger partial charge in [0.1, 0.15) is 5.82 Å². The van der Waals surface area contributed by atoms with E-state index < -0.39 is 0 Å². The third-order valence-electron chi connectivity index (χ3n) is 4.36. The number of fused-ring (bicyclic) bond motifs is 2. The molecule has 3 nitrogen and oxygen atoms in total. The summed E-state index contributed by atoms with van der Waals surface area (Å²) < 4.78 is 0. The molecule has 98 valence electrons. The van der Waals surface area contributed by atoms with Crippen molar-refractivity contribution < 1.29 is 0 Å². The van der Waals surface area contributed by atoms with Crippen LogP contribution in [0.4, 0.5) is 5.82 Å². The maximum Gasteiger partial charge on any atom is 0.129 e. The van der Waals surface area contributed by atoms with Gasteiger partial charge in [-0.2, -0.15) is 0 Å². The Morgan fingerprint density at radius 1 is 1.50 bits per heavy atom. The van der Waals surface area contributed by atoms with E-state index in [0.717, 1.165) is 19.5 Å². The lowest BCUT2D eigenvalue weighted by molar-refractivity contribution is 0.576. The van der Waals surface area contributed by atoms with Gasteiger partial charge in [-0.25, -0.2) is 4.98 Å². The van der Waals surface area contributed by atoms with E-state index in [2.05, 4.69) is 43.3 Å². The highest BCUT2D eigenvalue weighted by atomic mass is 15.3. The van der Waals surface area contributed by atoms with Gasteiger partial charge in [-0.05, 0) is 36.0 Å². The molecule has 2 fully saturated rings. The summed E-state index contributed by atoms with van der Waals surface area (Å²) in [6.45, 7) is 8.99. The van der Waals surface area contributed by atoms with Crippen molar-refractivity contribution in [1.82, 2.24) is 10.3 Å². The third-order valence-corrected chi connectivity index (χ3v) is 4.36. The fraction of sp³-hybridized carbons (Fsp3) is 0.667. The number of nitrogens with one attached hydrogen (secondary N) is 1. The van der Waals surface area contributed by atoms with E-state index in [9.17, 15) is 0 Å². The molecule has 2 saturated heterocycles. The first-order valence-corrected chi connectivity index (χ1v) is 7.18. The van der Waals surface area contributed by atoms with E-state index in [-0.39, 0.29) is 0 Å². The topological polar surface area (TPSA) is 28.2 Å². The molecule has 3 heterocycles. The molecule has 2 bridgehead atoms. The Morgan fingerprint density at radius 3 is 2.89 bits per heavy atom. The quantitative estimate of drug-likeness (QED) is 0.886. The van der Waals surface area contributed by atoms with Crippen molar-refractivity contribution in [3.8, 4) is 0 Å². The Labute approximate surface area is 110 Å². The van der Waals surface area contributed by atoms with Crippen LogP contribution in [0.5, 0.6) is 0 Å². The zero-order valence-corrected chi connectivity index (χ0v) is 11.6. The molecule has 0 unspecified atom stereocenters. The van der Waals surface area contributed by atoms with Crippen molar-refractivity contribution in [2.45, 2.75) is 51.6 Å². The van der Waals surface area contributed by atoms with Gasteiger partial charge in [-0.15, -0.1) is 0 Å². The predicted molar refractivity (Wildman–Crippen MR) is 75.2 cm³/mol. The van der Waals surface area contributed by atoms with Gasteiger partial charge in [0.2, 0.25) is 0 Å². The van der Waals surface area contributed by atoms with Crippen LogP contribution in [-0.4, -0.2) is 30.2 Å². The summed E-state index contributed by atoms with van der Waals surface area (Å²) >= 11 is 0. The fourth-order valence-electron chi connectivity index (χ4n) is 3.32. The number of rotatable bonds is 3. The van der Waals surface area contributed by atoms with Crippen LogP contribution in [0, 0.1) is 0 Å². The predicted octanol–water partition coefficient (Wildman–Crippen LogP) is 2.32. The number of anilines is 1. The van der Waals surface area contributed by atoms with E-state index in [4.69, 9.17) is 4.98 Å². The second-order valence-corrected chi connectivity index (χ2v) is 5.90. The minimum absolute atomic E-state index is 0.568. The maximum atomic E-state index is 4.71. The van der Waals surface area contributed by atoms with Gasteiger partial charge < -0.3 is 10.2 Å². The second kappa shape index (κ2) is 4.54. The number of aromatic nitrogens is 1. The summed E-state index contributed by atoms with van der Waals surface area (Å²) in [5, 5.41) is 3.54. The molecule has 18 heavy (non-hydrogen) atoms. The van der Waals surface area contributed by atoms with Crippen LogP contribution in [-0.2, 0) is 6.42 Å². The van der Waals surface area contributed by atoms with Crippen molar-refractivity contribution in [2.24, 2.45) is 0 Å². The van der Waals surface area contributed by atoms with E-state index >= 15 is 0 Å². The van der Waals surface area contributed by atoms with Crippen LogP contribution in [0.25, 0.3) is 0 Å². The molecule has 1 aromatic heterocycles. The molecule has 3 heteroatoms. The number of nitrogens with zero attached hydrogens (tertiary/aromatic N) is 2. The lowest BCUT2D eigenvalue weighted by Crippen LogP contribution is -2.44. The first-order valence-electron chi connectivity index (χ1n) is 7.18. The Bertz CT molecular complexity index is 441. The Kier molecular flexibility index (Phi) is 3.02. The van der Waals surface area contributed by atoms with Gasteiger partial charge in [0.15, 0.2) is 0 Å². The first kappa shape index (κ1) is 12.0. The maximum absolute atomic E-state index is 4.71. The van der Waals surface area contributed by atoms with Crippen molar-refractivity contribution in [2.75, 3.05) is 18.0 Å². The zero-order chi connectivity index (χ0) is 12.7. The van der Waals surface area contributed by atoms with Gasteiger partial charge in [0.05, 0.1) is 0 Å². The number of hydrogen-bond donors (Lipinski definition) is 1. The molecular weight excluding hydrogens is 222 g/mol. The zero-order valence-electron chi connectivity index (χ0n) is 11.6. The molecule has 1 aromatic rings. The second-order valence-electron chi connectivity index (χ2n) is 5.90. The highest BCUT2D eigenvalue weighted by molar-refractivity contribution is 5.48. The standard InChI is InChI=1S/C15H23N3/c1-4-11-5-15(17-8-14(11)10(2)3)18-9-12-6-13(18)7-16-12/h5,8,10,12-13,16H,4,6-7,9H2,1-3H3/t12-,13-/m0/s1. The van der Waals surface area contributed by atoms with E-state index in [1.54, 1.807) is 0 Å². The Morgan fingerprint density at radius 2 is 2.33 bits per heavy atom. The average Bonchev–Trinajstić information content (AvgIpc) is 3.00. The van der Waals surface area contributed by atoms with Gasteiger partial charge in [-0.3, -0.25) is 0 Å². The number of hydrogen-bond acceptors (Lipinski definition) is 3. The molecule has 0 saturated carbocycles. The van der Waals surface area contributed by atoms with Gasteiger partial charge in [0.25, 0.3) is 0 Å². The van der Waals surface area contributed by atoms with Crippen molar-refractivity contribution >= 4 is 5.82 Å². The molecule has 0 aliphatic carbocycles. The normalized spacial score (nSPS) is 26.3. The van der Waals surface area contributed by atoms with Gasteiger partial charge in [-0.1, -0.05) is 20.8 Å². The van der Waals surface area contributed by atoms with Crippen molar-refractivity contribution in [3.63, 3.8) is 0 Å². The lowest BCUT2D eigenvalue weighted by Gasteiger charge is -2.29. The minimum Gasteiger partial charge on any atom is -0.351 e. The average molecular weight is 245 g/mol. The third kappa shape index (κ3) is 1.91. The van der Waals surface area contributed by atoms with Crippen molar-refractivity contribution in [1.29, 1.82) is 0 Å². The Balaban J connectivity index is 1.89. The summed E-state index contributed by atoms with van der Waals surface area (Å²) in [4.78, 5) is 7.20. The first-order chi connectivity index (χ1) is 8.69. The molecule has 3 rings (SSSR count). The summed E-state index contributed by atoms with van der Waals surface area (Å²) in [5.41, 5.74) is 2.87.